The summed E-state index contributed by atoms with van der Waals surface area (Å²) in [6.07, 6.45) is -0.363. The van der Waals surface area contributed by atoms with E-state index in [-0.39, 0.29) is 12.1 Å². The van der Waals surface area contributed by atoms with Crippen LogP contribution in [-0.4, -0.2) is 24.9 Å². The fourth-order valence-electron chi connectivity index (χ4n) is 1.89. The fraction of sp³-hybridized carbons (Fsp3) is 0.308. The highest BCUT2D eigenvalue weighted by Crippen LogP contribution is 2.24. The van der Waals surface area contributed by atoms with E-state index in [4.69, 9.17) is 14.8 Å². The van der Waals surface area contributed by atoms with Crippen molar-refractivity contribution < 1.29 is 14.4 Å². The Balaban J connectivity index is 2.37. The lowest BCUT2D eigenvalue weighted by atomic mass is 9.92. The quantitative estimate of drug-likeness (QED) is 0.738. The molecule has 0 spiro atoms. The highest BCUT2D eigenvalue weighted by atomic mass is 16.6. The van der Waals surface area contributed by atoms with Crippen molar-refractivity contribution in [2.45, 2.75) is 13.0 Å². The number of carbonyl (C=O) groups excluding carboxylic acids is 1. The number of hydrogen-bond acceptors (Lipinski definition) is 5. The van der Waals surface area contributed by atoms with E-state index in [0.717, 1.165) is 0 Å². The summed E-state index contributed by atoms with van der Waals surface area (Å²) >= 11 is 0. The van der Waals surface area contributed by atoms with Crippen molar-refractivity contribution in [3.63, 3.8) is 0 Å². The number of nitrogens with zero attached hydrogens (tertiary/aromatic N) is 2. The van der Waals surface area contributed by atoms with Gasteiger partial charge in [0, 0.05) is 5.56 Å². The highest BCUT2D eigenvalue weighted by Gasteiger charge is 2.38. The highest BCUT2D eigenvalue weighted by molar-refractivity contribution is 6.12. The van der Waals surface area contributed by atoms with Crippen LogP contribution in [0.2, 0.25) is 0 Å². The van der Waals surface area contributed by atoms with Gasteiger partial charge < -0.3 is 9.57 Å². The first-order valence-electron chi connectivity index (χ1n) is 5.49. The van der Waals surface area contributed by atoms with Crippen molar-refractivity contribution in [3.8, 4) is 6.07 Å². The molecule has 1 aliphatic heterocycles. The van der Waals surface area contributed by atoms with Crippen molar-refractivity contribution in [1.29, 1.82) is 5.26 Å². The Bertz CT molecular complexity index is 545. The smallest absolute Gasteiger partial charge is 0.318 e. The summed E-state index contributed by atoms with van der Waals surface area (Å²) in [5, 5.41) is 12.8. The van der Waals surface area contributed by atoms with Crippen LogP contribution in [0.5, 0.6) is 0 Å². The zero-order valence-corrected chi connectivity index (χ0v) is 10.1. The van der Waals surface area contributed by atoms with E-state index in [1.807, 2.05) is 6.07 Å². The molecule has 0 saturated carbocycles. The number of rotatable bonds is 2. The van der Waals surface area contributed by atoms with Crippen LogP contribution in [0.1, 0.15) is 18.1 Å². The maximum Gasteiger partial charge on any atom is 0.318 e. The molecule has 1 aromatic rings. The molecule has 0 N–H and O–H groups in total. The Morgan fingerprint density at radius 1 is 1.56 bits per heavy atom. The second-order valence-electron chi connectivity index (χ2n) is 3.98. The molecule has 1 heterocycles. The van der Waals surface area contributed by atoms with Gasteiger partial charge in [0.25, 0.3) is 0 Å². The van der Waals surface area contributed by atoms with Gasteiger partial charge in [-0.1, -0.05) is 17.3 Å². The molecule has 0 amide bonds. The van der Waals surface area contributed by atoms with Crippen LogP contribution >= 0.6 is 0 Å². The molecule has 0 fully saturated rings. The topological polar surface area (TPSA) is 71.7 Å². The van der Waals surface area contributed by atoms with E-state index in [9.17, 15) is 4.79 Å². The van der Waals surface area contributed by atoms with Crippen LogP contribution in [0.25, 0.3) is 0 Å². The third-order valence-electron chi connectivity index (χ3n) is 2.82. The van der Waals surface area contributed by atoms with Crippen molar-refractivity contribution in [2.24, 2.45) is 11.1 Å². The number of ether oxygens (including phenoxy) is 1. The maximum atomic E-state index is 11.7. The summed E-state index contributed by atoms with van der Waals surface area (Å²) in [7, 11) is 1.33. The number of esters is 1. The van der Waals surface area contributed by atoms with Gasteiger partial charge in [0.15, 0.2) is 0 Å². The van der Waals surface area contributed by atoms with Gasteiger partial charge in [0.05, 0.1) is 18.7 Å². The Kier molecular flexibility index (Phi) is 3.28. The zero-order valence-electron chi connectivity index (χ0n) is 10.1. The predicted octanol–water partition coefficient (Wildman–Crippen LogP) is 1.47. The fourth-order valence-corrected chi connectivity index (χ4v) is 1.89. The summed E-state index contributed by atoms with van der Waals surface area (Å²) in [6, 6.07) is 8.95. The van der Waals surface area contributed by atoms with Crippen LogP contribution in [0, 0.1) is 17.2 Å². The van der Waals surface area contributed by atoms with Crippen LogP contribution in [0.3, 0.4) is 0 Å². The number of hydrogen-bond donors (Lipinski definition) is 0. The average Bonchev–Trinajstić information content (AvgIpc) is 2.80. The molecule has 2 rings (SSSR count). The SMILES string of the molecule is COC(=O)C1C(c2cccc(C#N)c2)=NOC1C. The minimum Gasteiger partial charge on any atom is -0.468 e. The largest absolute Gasteiger partial charge is 0.468 e. The summed E-state index contributed by atoms with van der Waals surface area (Å²) in [6.45, 7) is 1.76. The van der Waals surface area contributed by atoms with Gasteiger partial charge >= 0.3 is 5.97 Å². The zero-order chi connectivity index (χ0) is 13.1. The molecule has 0 aliphatic carbocycles. The molecule has 92 valence electrons. The van der Waals surface area contributed by atoms with Crippen LogP contribution < -0.4 is 0 Å². The Labute approximate surface area is 105 Å². The third kappa shape index (κ3) is 2.05. The lowest BCUT2D eigenvalue weighted by Crippen LogP contribution is -2.30. The molecule has 2 atom stereocenters. The van der Waals surface area contributed by atoms with E-state index in [0.29, 0.717) is 16.8 Å². The molecule has 5 nitrogen and oxygen atoms in total. The minimum absolute atomic E-state index is 0.363. The second kappa shape index (κ2) is 4.88. The lowest BCUT2D eigenvalue weighted by molar-refractivity contribution is -0.145. The number of oxime groups is 1. The first-order valence-corrected chi connectivity index (χ1v) is 5.49. The van der Waals surface area contributed by atoms with Crippen LogP contribution in [0.4, 0.5) is 0 Å². The maximum absolute atomic E-state index is 11.7. The molecule has 0 radical (unpaired) electrons. The average molecular weight is 244 g/mol. The van der Waals surface area contributed by atoms with Crippen molar-refractivity contribution in [3.05, 3.63) is 35.4 Å². The monoisotopic (exact) mass is 244 g/mol. The van der Waals surface area contributed by atoms with Gasteiger partial charge in [0.1, 0.15) is 17.7 Å². The summed E-state index contributed by atoms with van der Waals surface area (Å²) < 4.78 is 4.75. The lowest BCUT2D eigenvalue weighted by Gasteiger charge is -2.12. The number of benzene rings is 1. The summed E-state index contributed by atoms with van der Waals surface area (Å²) in [4.78, 5) is 16.8. The second-order valence-corrected chi connectivity index (χ2v) is 3.98. The minimum atomic E-state index is -0.552. The summed E-state index contributed by atoms with van der Waals surface area (Å²) in [5.74, 6) is -0.940. The number of nitriles is 1. The Morgan fingerprint density at radius 3 is 3.00 bits per heavy atom. The molecule has 5 heteroatoms. The molecule has 2 unspecified atom stereocenters. The molecule has 0 bridgehead atoms. The predicted molar refractivity (Wildman–Crippen MR) is 63.7 cm³/mol. The van der Waals surface area contributed by atoms with Gasteiger partial charge in [-0.15, -0.1) is 0 Å². The molecular weight excluding hydrogens is 232 g/mol. The molecule has 1 aromatic carbocycles. The Morgan fingerprint density at radius 2 is 2.33 bits per heavy atom. The van der Waals surface area contributed by atoms with Gasteiger partial charge in [0.2, 0.25) is 0 Å². The first kappa shape index (κ1) is 12.1. The first-order chi connectivity index (χ1) is 8.67. The van der Waals surface area contributed by atoms with Gasteiger partial charge in [-0.2, -0.15) is 5.26 Å². The standard InChI is InChI=1S/C13H12N2O3/c1-8-11(13(16)17-2)12(15-18-8)10-5-3-4-9(6-10)7-14/h3-6,8,11H,1-2H3. The number of methoxy groups -OCH3 is 1. The Hall–Kier alpha value is -2.35. The van der Waals surface area contributed by atoms with E-state index in [1.165, 1.54) is 7.11 Å². The van der Waals surface area contributed by atoms with Crippen molar-refractivity contribution in [2.75, 3.05) is 7.11 Å². The van der Waals surface area contributed by atoms with Gasteiger partial charge in [-0.3, -0.25) is 4.79 Å². The van der Waals surface area contributed by atoms with Gasteiger partial charge in [-0.25, -0.2) is 0 Å². The molecule has 18 heavy (non-hydrogen) atoms. The van der Waals surface area contributed by atoms with E-state index in [2.05, 4.69) is 5.16 Å². The molecule has 0 saturated heterocycles. The van der Waals surface area contributed by atoms with Gasteiger partial charge in [-0.05, 0) is 19.1 Å². The van der Waals surface area contributed by atoms with Crippen LogP contribution in [0.15, 0.2) is 29.4 Å². The summed E-state index contributed by atoms with van der Waals surface area (Å²) in [5.41, 5.74) is 1.72. The van der Waals surface area contributed by atoms with E-state index < -0.39 is 5.92 Å². The van der Waals surface area contributed by atoms with Crippen molar-refractivity contribution >= 4 is 11.7 Å². The third-order valence-corrected chi connectivity index (χ3v) is 2.82. The normalized spacial score (nSPS) is 21.7. The molecule has 0 aromatic heterocycles. The molecular formula is C13H12N2O3. The van der Waals surface area contributed by atoms with E-state index >= 15 is 0 Å². The molecule has 1 aliphatic rings. The number of carbonyl (C=O) groups is 1. The van der Waals surface area contributed by atoms with Crippen molar-refractivity contribution in [1.82, 2.24) is 0 Å². The van der Waals surface area contributed by atoms with Crippen LogP contribution in [-0.2, 0) is 14.4 Å². The van der Waals surface area contributed by atoms with E-state index in [1.54, 1.807) is 31.2 Å².